The zero-order chi connectivity index (χ0) is 17.6. The van der Waals surface area contributed by atoms with E-state index in [0.29, 0.717) is 6.04 Å². The van der Waals surface area contributed by atoms with Gasteiger partial charge in [0.2, 0.25) is 5.91 Å². The number of nitrogens with one attached hydrogen (secondary N) is 1. The van der Waals surface area contributed by atoms with E-state index in [4.69, 9.17) is 0 Å². The molecule has 1 saturated heterocycles. The van der Waals surface area contributed by atoms with Gasteiger partial charge in [-0.1, -0.05) is 5.21 Å². The fraction of sp³-hybridized carbons (Fsp3) is 0.529. The Morgan fingerprint density at radius 2 is 2.20 bits per heavy atom. The van der Waals surface area contributed by atoms with Crippen LogP contribution in [0, 0.1) is 0 Å². The number of aromatic nitrogens is 4. The van der Waals surface area contributed by atoms with E-state index in [1.807, 2.05) is 36.2 Å². The SMILES string of the molecule is CN(C)c1ccc(NC2CCCN(C(=O)Cn3ccnn3)CC2)cn1. The number of anilines is 2. The molecule has 3 heterocycles. The predicted octanol–water partition coefficient (Wildman–Crippen LogP) is 1.23. The zero-order valence-corrected chi connectivity index (χ0v) is 14.8. The summed E-state index contributed by atoms with van der Waals surface area (Å²) in [6.07, 6.45) is 8.13. The molecule has 3 rings (SSSR count). The highest BCUT2D eigenvalue weighted by Gasteiger charge is 2.21. The molecule has 0 aromatic carbocycles. The topological polar surface area (TPSA) is 79.2 Å². The lowest BCUT2D eigenvalue weighted by molar-refractivity contribution is -0.132. The minimum atomic E-state index is 0.100. The van der Waals surface area contributed by atoms with Crippen LogP contribution in [0.25, 0.3) is 0 Å². The van der Waals surface area contributed by atoms with Crippen LogP contribution in [-0.2, 0) is 11.3 Å². The smallest absolute Gasteiger partial charge is 0.244 e. The molecule has 25 heavy (non-hydrogen) atoms. The van der Waals surface area contributed by atoms with Gasteiger partial charge in [-0.3, -0.25) is 4.79 Å². The average molecular weight is 343 g/mol. The van der Waals surface area contributed by atoms with E-state index in [2.05, 4.69) is 26.7 Å². The standard InChI is InChI=1S/C17H25N7O/c1-22(2)16-6-5-15(12-18-16)20-14-4-3-9-23(10-7-14)17(25)13-24-11-8-19-21-24/h5-6,8,11-12,14,20H,3-4,7,9-10,13H2,1-2H3. The van der Waals surface area contributed by atoms with Gasteiger partial charge in [0, 0.05) is 39.4 Å². The van der Waals surface area contributed by atoms with Gasteiger partial charge in [0.25, 0.3) is 0 Å². The second kappa shape index (κ2) is 7.96. The van der Waals surface area contributed by atoms with Gasteiger partial charge in [0.05, 0.1) is 18.1 Å². The molecule has 0 saturated carbocycles. The summed E-state index contributed by atoms with van der Waals surface area (Å²) in [5.41, 5.74) is 1.03. The van der Waals surface area contributed by atoms with Crippen LogP contribution >= 0.6 is 0 Å². The summed E-state index contributed by atoms with van der Waals surface area (Å²) in [6.45, 7) is 1.81. The Labute approximate surface area is 147 Å². The molecular weight excluding hydrogens is 318 g/mol. The maximum absolute atomic E-state index is 12.4. The van der Waals surface area contributed by atoms with E-state index >= 15 is 0 Å². The number of carbonyl (C=O) groups excluding carboxylic acids is 1. The largest absolute Gasteiger partial charge is 0.381 e. The molecule has 1 N–H and O–H groups in total. The van der Waals surface area contributed by atoms with E-state index in [1.54, 1.807) is 17.1 Å². The van der Waals surface area contributed by atoms with Crippen molar-refractivity contribution in [1.82, 2.24) is 24.9 Å². The molecule has 2 aromatic heterocycles. The molecule has 0 aliphatic carbocycles. The molecule has 2 aromatic rings. The summed E-state index contributed by atoms with van der Waals surface area (Å²) >= 11 is 0. The van der Waals surface area contributed by atoms with E-state index in [0.717, 1.165) is 43.9 Å². The Hall–Kier alpha value is -2.64. The summed E-state index contributed by atoms with van der Waals surface area (Å²) in [5, 5.41) is 11.1. The number of carbonyl (C=O) groups is 1. The van der Waals surface area contributed by atoms with Gasteiger partial charge in [-0.05, 0) is 31.4 Å². The van der Waals surface area contributed by atoms with E-state index in [1.165, 1.54) is 0 Å². The van der Waals surface area contributed by atoms with Gasteiger partial charge in [0.1, 0.15) is 12.4 Å². The van der Waals surface area contributed by atoms with Crippen LogP contribution in [0.4, 0.5) is 11.5 Å². The molecule has 0 bridgehead atoms. The van der Waals surface area contributed by atoms with Gasteiger partial charge >= 0.3 is 0 Å². The quantitative estimate of drug-likeness (QED) is 0.880. The van der Waals surface area contributed by atoms with Gasteiger partial charge in [0.15, 0.2) is 0 Å². The van der Waals surface area contributed by atoms with Gasteiger partial charge in [-0.25, -0.2) is 9.67 Å². The van der Waals surface area contributed by atoms with Gasteiger partial charge in [-0.2, -0.15) is 0 Å². The average Bonchev–Trinajstić information content (AvgIpc) is 2.99. The molecule has 0 radical (unpaired) electrons. The third-order valence-corrected chi connectivity index (χ3v) is 4.43. The highest BCUT2D eigenvalue weighted by atomic mass is 16.2. The number of rotatable bonds is 5. The molecule has 1 aliphatic rings. The second-order valence-corrected chi connectivity index (χ2v) is 6.55. The molecular formula is C17H25N7O. The minimum Gasteiger partial charge on any atom is -0.381 e. The van der Waals surface area contributed by atoms with Crippen molar-refractivity contribution in [2.45, 2.75) is 31.8 Å². The fourth-order valence-corrected chi connectivity index (χ4v) is 3.02. The Balaban J connectivity index is 1.51. The normalized spacial score (nSPS) is 17.8. The van der Waals surface area contributed by atoms with Crippen LogP contribution in [-0.4, -0.2) is 64.0 Å². The van der Waals surface area contributed by atoms with Crippen LogP contribution in [0.3, 0.4) is 0 Å². The predicted molar refractivity (Wildman–Crippen MR) is 96.4 cm³/mol. The zero-order valence-electron chi connectivity index (χ0n) is 14.8. The molecule has 134 valence electrons. The lowest BCUT2D eigenvalue weighted by atomic mass is 10.1. The van der Waals surface area contributed by atoms with Gasteiger partial charge < -0.3 is 15.1 Å². The lowest BCUT2D eigenvalue weighted by Crippen LogP contribution is -2.35. The summed E-state index contributed by atoms with van der Waals surface area (Å²) in [7, 11) is 3.96. The molecule has 0 spiro atoms. The summed E-state index contributed by atoms with van der Waals surface area (Å²) in [5.74, 6) is 1.04. The molecule has 1 amide bonds. The van der Waals surface area contributed by atoms with E-state index in [-0.39, 0.29) is 12.5 Å². The first kappa shape index (κ1) is 17.2. The number of hydrogen-bond acceptors (Lipinski definition) is 6. The van der Waals surface area contributed by atoms with E-state index < -0.39 is 0 Å². The summed E-state index contributed by atoms with van der Waals surface area (Å²) in [6, 6.07) is 4.42. The molecule has 1 aliphatic heterocycles. The highest BCUT2D eigenvalue weighted by molar-refractivity contribution is 5.75. The monoisotopic (exact) mass is 343 g/mol. The van der Waals surface area contributed by atoms with Gasteiger partial charge in [-0.15, -0.1) is 5.10 Å². The second-order valence-electron chi connectivity index (χ2n) is 6.55. The lowest BCUT2D eigenvalue weighted by Gasteiger charge is -2.21. The van der Waals surface area contributed by atoms with E-state index in [9.17, 15) is 4.79 Å². The van der Waals surface area contributed by atoms with Crippen LogP contribution in [0.1, 0.15) is 19.3 Å². The van der Waals surface area contributed by atoms with Crippen molar-refractivity contribution in [2.24, 2.45) is 0 Å². The molecule has 8 nitrogen and oxygen atoms in total. The Morgan fingerprint density at radius 1 is 1.32 bits per heavy atom. The first-order valence-electron chi connectivity index (χ1n) is 8.63. The van der Waals surface area contributed by atoms with Crippen molar-refractivity contribution in [3.8, 4) is 0 Å². The van der Waals surface area contributed by atoms with Crippen molar-refractivity contribution in [3.63, 3.8) is 0 Å². The molecule has 8 heteroatoms. The van der Waals surface area contributed by atoms with Crippen LogP contribution in [0.15, 0.2) is 30.7 Å². The van der Waals surface area contributed by atoms with Crippen molar-refractivity contribution >= 4 is 17.4 Å². The number of amides is 1. The molecule has 1 fully saturated rings. The van der Waals surface area contributed by atoms with Crippen LogP contribution in [0.5, 0.6) is 0 Å². The Morgan fingerprint density at radius 3 is 2.88 bits per heavy atom. The maximum Gasteiger partial charge on any atom is 0.244 e. The number of pyridine rings is 1. The first-order valence-corrected chi connectivity index (χ1v) is 8.63. The fourth-order valence-electron chi connectivity index (χ4n) is 3.02. The number of nitrogens with zero attached hydrogens (tertiary/aromatic N) is 6. The summed E-state index contributed by atoms with van der Waals surface area (Å²) < 4.78 is 1.57. The Bertz CT molecular complexity index is 669. The third-order valence-electron chi connectivity index (χ3n) is 4.43. The Kier molecular flexibility index (Phi) is 5.47. The number of hydrogen-bond donors (Lipinski definition) is 1. The van der Waals surface area contributed by atoms with Crippen LogP contribution in [0.2, 0.25) is 0 Å². The van der Waals surface area contributed by atoms with Crippen molar-refractivity contribution in [2.75, 3.05) is 37.4 Å². The molecule has 1 atom stereocenters. The first-order chi connectivity index (χ1) is 12.1. The third kappa shape index (κ3) is 4.68. The van der Waals surface area contributed by atoms with Crippen molar-refractivity contribution in [3.05, 3.63) is 30.7 Å². The highest BCUT2D eigenvalue weighted by Crippen LogP contribution is 2.18. The minimum absolute atomic E-state index is 0.100. The molecule has 1 unspecified atom stereocenters. The maximum atomic E-state index is 12.4. The number of likely N-dealkylation sites (tertiary alicyclic amines) is 1. The van der Waals surface area contributed by atoms with Crippen molar-refractivity contribution < 1.29 is 4.79 Å². The summed E-state index contributed by atoms with van der Waals surface area (Å²) in [4.78, 5) is 20.7. The van der Waals surface area contributed by atoms with Crippen molar-refractivity contribution in [1.29, 1.82) is 0 Å². The van der Waals surface area contributed by atoms with Crippen LogP contribution < -0.4 is 10.2 Å².